The molecule has 8 heteroatoms. The summed E-state index contributed by atoms with van der Waals surface area (Å²) in [7, 11) is 0. The van der Waals surface area contributed by atoms with Gasteiger partial charge in [0.05, 0.1) is 23.7 Å². The summed E-state index contributed by atoms with van der Waals surface area (Å²) in [6.45, 7) is 0. The lowest BCUT2D eigenvalue weighted by molar-refractivity contribution is -0.160. The highest BCUT2D eigenvalue weighted by molar-refractivity contribution is 5.87. The Morgan fingerprint density at radius 3 is 1.53 bits per heavy atom. The van der Waals surface area contributed by atoms with E-state index in [1.807, 2.05) is 0 Å². The molecule has 8 nitrogen and oxygen atoms in total. The molecule has 2 saturated carbocycles. The highest BCUT2D eigenvalue weighted by Gasteiger charge is 2.67. The van der Waals surface area contributed by atoms with E-state index in [1.165, 1.54) is 0 Å². The van der Waals surface area contributed by atoms with E-state index in [-0.39, 0.29) is 6.42 Å². The van der Waals surface area contributed by atoms with Crippen LogP contribution in [0.2, 0.25) is 0 Å². The summed E-state index contributed by atoms with van der Waals surface area (Å²) in [5.74, 6) is -12.7. The molecule has 6 atom stereocenters. The lowest BCUT2D eigenvalue weighted by Gasteiger charge is -2.28. The summed E-state index contributed by atoms with van der Waals surface area (Å²) < 4.78 is 0. The number of fused-ring (bicyclic) bond motifs is 2. The fraction of sp³-hybridized carbons (Fsp3) is 0.636. The van der Waals surface area contributed by atoms with Crippen LogP contribution in [0.4, 0.5) is 0 Å². The first-order valence-corrected chi connectivity index (χ1v) is 5.68. The van der Waals surface area contributed by atoms with E-state index >= 15 is 0 Å². The first-order valence-electron chi connectivity index (χ1n) is 5.68. The number of aliphatic carboxylic acids is 4. The smallest absolute Gasteiger partial charge is 0.307 e. The lowest BCUT2D eigenvalue weighted by atomic mass is 9.74. The Kier molecular flexibility index (Phi) is 2.95. The maximum atomic E-state index is 11.2. The van der Waals surface area contributed by atoms with Gasteiger partial charge in [0.15, 0.2) is 0 Å². The van der Waals surface area contributed by atoms with Gasteiger partial charge >= 0.3 is 23.9 Å². The summed E-state index contributed by atoms with van der Waals surface area (Å²) >= 11 is 0. The van der Waals surface area contributed by atoms with Gasteiger partial charge in [-0.25, -0.2) is 0 Å². The van der Waals surface area contributed by atoms with Crippen molar-refractivity contribution in [3.63, 3.8) is 0 Å². The first kappa shape index (κ1) is 13.3. The molecule has 0 aromatic rings. The third-order valence-corrected chi connectivity index (χ3v) is 4.30. The first-order chi connectivity index (χ1) is 8.77. The molecule has 0 heterocycles. The predicted octanol–water partition coefficient (Wildman–Crippen LogP) is -0.561. The van der Waals surface area contributed by atoms with Crippen molar-refractivity contribution < 1.29 is 39.6 Å². The summed E-state index contributed by atoms with van der Waals surface area (Å²) in [5, 5.41) is 36.3. The second kappa shape index (κ2) is 4.22. The topological polar surface area (TPSA) is 149 Å². The fourth-order valence-electron chi connectivity index (χ4n) is 3.75. The molecular weight excluding hydrogens is 260 g/mol. The number of rotatable bonds is 4. The fourth-order valence-corrected chi connectivity index (χ4v) is 3.75. The van der Waals surface area contributed by atoms with Crippen LogP contribution in [0.1, 0.15) is 6.42 Å². The van der Waals surface area contributed by atoms with E-state index in [0.717, 1.165) is 0 Å². The SMILES string of the molecule is O=C(O)C1CC2C(C(=O)O)C(C(=O)O)C1C2C(=O)O. The molecule has 0 aromatic carbocycles. The zero-order valence-corrected chi connectivity index (χ0v) is 9.59. The molecule has 0 saturated heterocycles. The third-order valence-electron chi connectivity index (χ3n) is 4.30. The number of carboxylic acid groups (broad SMARTS) is 4. The normalized spacial score (nSPS) is 40.0. The third kappa shape index (κ3) is 1.74. The standard InChI is InChI=1S/C11H12O8/c12-8(13)3-1-2-5(9(14)15)4(3)7(11(18)19)6(2)10(16)17/h2-7H,1H2,(H,12,13)(H,14,15)(H,16,17)(H,18,19). The average molecular weight is 272 g/mol. The Bertz CT molecular complexity index is 469. The van der Waals surface area contributed by atoms with Crippen molar-refractivity contribution in [2.75, 3.05) is 0 Å². The van der Waals surface area contributed by atoms with Crippen LogP contribution in [-0.2, 0) is 19.2 Å². The van der Waals surface area contributed by atoms with Gasteiger partial charge in [0.25, 0.3) is 0 Å². The van der Waals surface area contributed by atoms with Crippen LogP contribution in [-0.4, -0.2) is 44.3 Å². The lowest BCUT2D eigenvalue weighted by Crippen LogP contribution is -2.40. The molecule has 2 aliphatic carbocycles. The van der Waals surface area contributed by atoms with Crippen molar-refractivity contribution in [3.05, 3.63) is 0 Å². The quantitative estimate of drug-likeness (QED) is 0.532. The second-order valence-electron chi connectivity index (χ2n) is 5.01. The van der Waals surface area contributed by atoms with E-state index in [4.69, 9.17) is 20.4 Å². The van der Waals surface area contributed by atoms with Gasteiger partial charge in [-0.3, -0.25) is 19.2 Å². The minimum absolute atomic E-state index is 0.0995. The molecule has 19 heavy (non-hydrogen) atoms. The number of carbonyl (C=O) groups is 4. The Morgan fingerprint density at radius 2 is 1.16 bits per heavy atom. The zero-order chi connectivity index (χ0) is 14.5. The molecule has 0 aliphatic heterocycles. The number of hydrogen-bond donors (Lipinski definition) is 4. The van der Waals surface area contributed by atoms with Gasteiger partial charge < -0.3 is 20.4 Å². The van der Waals surface area contributed by atoms with E-state index in [1.54, 1.807) is 0 Å². The Labute approximate surface area is 106 Å². The van der Waals surface area contributed by atoms with Crippen LogP contribution in [0, 0.1) is 35.5 Å². The summed E-state index contributed by atoms with van der Waals surface area (Å²) in [5.41, 5.74) is 0. The Morgan fingerprint density at radius 1 is 0.684 bits per heavy atom. The Balaban J connectivity index is 2.47. The van der Waals surface area contributed by atoms with Gasteiger partial charge in [0, 0.05) is 0 Å². The second-order valence-corrected chi connectivity index (χ2v) is 5.01. The van der Waals surface area contributed by atoms with E-state index < -0.39 is 59.4 Å². The molecule has 6 unspecified atom stereocenters. The molecule has 0 aromatic heterocycles. The van der Waals surface area contributed by atoms with Crippen molar-refractivity contribution in [1.82, 2.24) is 0 Å². The highest BCUT2D eigenvalue weighted by Crippen LogP contribution is 2.59. The van der Waals surface area contributed by atoms with Crippen LogP contribution in [0.3, 0.4) is 0 Å². The molecular formula is C11H12O8. The zero-order valence-electron chi connectivity index (χ0n) is 9.59. The van der Waals surface area contributed by atoms with Crippen LogP contribution >= 0.6 is 0 Å². The van der Waals surface area contributed by atoms with Crippen molar-refractivity contribution in [2.24, 2.45) is 35.5 Å². The molecule has 0 spiro atoms. The average Bonchev–Trinajstić information content (AvgIpc) is 2.80. The molecule has 104 valence electrons. The minimum atomic E-state index is -1.46. The van der Waals surface area contributed by atoms with Gasteiger partial charge in [-0.2, -0.15) is 0 Å². The van der Waals surface area contributed by atoms with Crippen molar-refractivity contribution in [1.29, 1.82) is 0 Å². The summed E-state index contributed by atoms with van der Waals surface area (Å²) in [6, 6.07) is 0. The van der Waals surface area contributed by atoms with Gasteiger partial charge in [-0.15, -0.1) is 0 Å². The number of carboxylic acids is 4. The van der Waals surface area contributed by atoms with Crippen molar-refractivity contribution in [2.45, 2.75) is 6.42 Å². The van der Waals surface area contributed by atoms with Crippen molar-refractivity contribution >= 4 is 23.9 Å². The summed E-state index contributed by atoms with van der Waals surface area (Å²) in [6.07, 6.45) is -0.0995. The number of hydrogen-bond acceptors (Lipinski definition) is 4. The van der Waals surface area contributed by atoms with E-state index in [2.05, 4.69) is 0 Å². The van der Waals surface area contributed by atoms with Crippen LogP contribution < -0.4 is 0 Å². The van der Waals surface area contributed by atoms with E-state index in [0.29, 0.717) is 0 Å². The van der Waals surface area contributed by atoms with Gasteiger partial charge in [0.1, 0.15) is 0 Å². The van der Waals surface area contributed by atoms with E-state index in [9.17, 15) is 19.2 Å². The summed E-state index contributed by atoms with van der Waals surface area (Å²) in [4.78, 5) is 44.6. The monoisotopic (exact) mass is 272 g/mol. The molecule has 2 aliphatic rings. The molecule has 0 amide bonds. The van der Waals surface area contributed by atoms with Gasteiger partial charge in [-0.05, 0) is 18.3 Å². The van der Waals surface area contributed by atoms with Crippen LogP contribution in [0.15, 0.2) is 0 Å². The molecule has 2 fully saturated rings. The van der Waals surface area contributed by atoms with Crippen LogP contribution in [0.25, 0.3) is 0 Å². The molecule has 0 radical (unpaired) electrons. The largest absolute Gasteiger partial charge is 0.481 e. The molecule has 2 bridgehead atoms. The maximum Gasteiger partial charge on any atom is 0.307 e. The van der Waals surface area contributed by atoms with Crippen molar-refractivity contribution in [3.8, 4) is 0 Å². The predicted molar refractivity (Wildman–Crippen MR) is 56.1 cm³/mol. The molecule has 4 N–H and O–H groups in total. The maximum absolute atomic E-state index is 11.2. The minimum Gasteiger partial charge on any atom is -0.481 e. The van der Waals surface area contributed by atoms with Gasteiger partial charge in [-0.1, -0.05) is 0 Å². The highest BCUT2D eigenvalue weighted by atomic mass is 16.4. The Hall–Kier alpha value is -2.12. The van der Waals surface area contributed by atoms with Crippen LogP contribution in [0.5, 0.6) is 0 Å². The van der Waals surface area contributed by atoms with Gasteiger partial charge in [0.2, 0.25) is 0 Å². The molecule has 2 rings (SSSR count).